The van der Waals surface area contributed by atoms with Gasteiger partial charge < -0.3 is 20.4 Å². The van der Waals surface area contributed by atoms with Gasteiger partial charge in [0.25, 0.3) is 0 Å². The molecule has 0 amide bonds. The summed E-state index contributed by atoms with van der Waals surface area (Å²) >= 11 is 0. The molecule has 0 radical (unpaired) electrons. The summed E-state index contributed by atoms with van der Waals surface area (Å²) in [4.78, 5) is 15.8. The fraction of sp³-hybridized carbons (Fsp3) is 0.286. The van der Waals surface area contributed by atoms with Crippen LogP contribution in [0.3, 0.4) is 0 Å². The summed E-state index contributed by atoms with van der Waals surface area (Å²) in [5.74, 6) is -2.64. The summed E-state index contributed by atoms with van der Waals surface area (Å²) in [7, 11) is 1.26. The molecule has 266 valence electrons. The van der Waals surface area contributed by atoms with E-state index in [1.54, 1.807) is 19.9 Å². The fourth-order valence-corrected chi connectivity index (χ4v) is 5.66. The molecule has 0 saturated carbocycles. The monoisotopic (exact) mass is 712 g/mol. The summed E-state index contributed by atoms with van der Waals surface area (Å²) in [5, 5.41) is 29.0. The van der Waals surface area contributed by atoms with Crippen LogP contribution < -0.4 is 4.74 Å². The van der Waals surface area contributed by atoms with Crippen LogP contribution in [0.4, 0.5) is 39.5 Å². The Morgan fingerprint density at radius 1 is 0.820 bits per heavy atom. The molecule has 0 aliphatic heterocycles. The third-order valence-corrected chi connectivity index (χ3v) is 8.19. The molecule has 0 unspecified atom stereocenters. The van der Waals surface area contributed by atoms with Gasteiger partial charge in [0, 0.05) is 35.4 Å². The van der Waals surface area contributed by atoms with E-state index in [2.05, 4.69) is 4.98 Å². The van der Waals surface area contributed by atoms with Gasteiger partial charge in [-0.25, -0.2) is 9.78 Å². The predicted molar refractivity (Wildman–Crippen MR) is 165 cm³/mol. The maximum absolute atomic E-state index is 13.9. The molecule has 3 N–H and O–H groups in total. The number of pyridine rings is 1. The van der Waals surface area contributed by atoms with Crippen LogP contribution in [0, 0.1) is 25.2 Å². The van der Waals surface area contributed by atoms with Crippen LogP contribution in [-0.2, 0) is 24.9 Å². The number of aromatic carboxylic acids is 1. The van der Waals surface area contributed by atoms with E-state index in [4.69, 9.17) is 10.1 Å². The average molecular weight is 713 g/mol. The van der Waals surface area contributed by atoms with E-state index in [1.165, 1.54) is 25.4 Å². The Morgan fingerprint density at radius 2 is 1.36 bits per heavy atom. The lowest BCUT2D eigenvalue weighted by Crippen LogP contribution is -2.22. The summed E-state index contributed by atoms with van der Waals surface area (Å²) < 4.78 is 128. The lowest BCUT2D eigenvalue weighted by atomic mass is 9.86. The van der Waals surface area contributed by atoms with E-state index in [0.717, 1.165) is 25.1 Å². The molecule has 4 aromatic rings. The highest BCUT2D eigenvalue weighted by Crippen LogP contribution is 2.41. The molecule has 0 bridgehead atoms. The predicted octanol–water partition coefficient (Wildman–Crippen LogP) is 9.73. The summed E-state index contributed by atoms with van der Waals surface area (Å²) in [5.41, 5.74) is -3.42. The van der Waals surface area contributed by atoms with Gasteiger partial charge in [0.15, 0.2) is 0 Å². The Bertz CT molecular complexity index is 1900. The maximum Gasteiger partial charge on any atom is 0.416 e. The summed E-state index contributed by atoms with van der Waals surface area (Å²) in [6.45, 7) is 4.49. The third kappa shape index (κ3) is 8.09. The molecule has 0 aliphatic carbocycles. The van der Waals surface area contributed by atoms with Crippen LogP contribution in [-0.4, -0.2) is 34.0 Å². The second-order valence-corrected chi connectivity index (χ2v) is 11.7. The van der Waals surface area contributed by atoms with Crippen LogP contribution in [0.15, 0.2) is 60.8 Å². The Kier molecular flexibility index (Phi) is 10.4. The fourth-order valence-electron chi connectivity index (χ4n) is 5.66. The number of aryl methyl sites for hydroxylation is 2. The zero-order valence-electron chi connectivity index (χ0n) is 26.7. The van der Waals surface area contributed by atoms with Crippen molar-refractivity contribution in [1.82, 2.24) is 4.98 Å². The Labute approximate surface area is 279 Å². The quantitative estimate of drug-likeness (QED) is 0.118. The highest BCUT2D eigenvalue weighted by molar-refractivity contribution is 5.91. The molecule has 0 spiro atoms. The van der Waals surface area contributed by atoms with Gasteiger partial charge in [0.2, 0.25) is 5.88 Å². The number of carboxylic acid groups (broad SMARTS) is 1. The van der Waals surface area contributed by atoms with Crippen molar-refractivity contribution in [3.8, 4) is 28.1 Å². The number of nitrogens with zero attached hydrogens (tertiary/aromatic N) is 1. The first-order valence-electron chi connectivity index (χ1n) is 14.7. The standard InChI is InChI=1S/C35H29F9N2O4/c1-16-7-21(32(48)49)8-17(2)29(16)22-12-27(31(50-4)46-15-22)26-6-5-23(33(36,37)38)9-19(26)13-28(45)18(3)30(47)20-10-24(34(39,40)41)14-25(11-20)35(42,43)44/h5-12,14-15,18,30,45,47H,13H2,1-4H3,(H,48,49)/t18-,30+/m1/s1. The minimum Gasteiger partial charge on any atom is -0.481 e. The van der Waals surface area contributed by atoms with E-state index >= 15 is 0 Å². The number of carbonyl (C=O) groups is 1. The average Bonchev–Trinajstić information content (AvgIpc) is 3.02. The normalized spacial score (nSPS) is 13.6. The smallest absolute Gasteiger partial charge is 0.416 e. The molecule has 0 aliphatic rings. The topological polar surface area (TPSA) is 104 Å². The number of rotatable bonds is 9. The number of carboxylic acids is 1. The van der Waals surface area contributed by atoms with Gasteiger partial charge in [-0.2, -0.15) is 39.5 Å². The van der Waals surface area contributed by atoms with Crippen molar-refractivity contribution in [3.63, 3.8) is 0 Å². The van der Waals surface area contributed by atoms with Crippen molar-refractivity contribution in [3.05, 3.63) is 105 Å². The van der Waals surface area contributed by atoms with Crippen molar-refractivity contribution in [2.24, 2.45) is 5.92 Å². The van der Waals surface area contributed by atoms with Gasteiger partial charge in [0.1, 0.15) is 0 Å². The minimum absolute atomic E-state index is 0.0320. The van der Waals surface area contributed by atoms with E-state index in [-0.39, 0.29) is 34.2 Å². The number of alkyl halides is 9. The van der Waals surface area contributed by atoms with Crippen LogP contribution in [0.1, 0.15) is 62.3 Å². The van der Waals surface area contributed by atoms with Gasteiger partial charge in [0.05, 0.1) is 35.5 Å². The number of methoxy groups -OCH3 is 1. The van der Waals surface area contributed by atoms with Gasteiger partial charge in [-0.3, -0.25) is 0 Å². The van der Waals surface area contributed by atoms with E-state index in [9.17, 15) is 54.5 Å². The first-order valence-corrected chi connectivity index (χ1v) is 14.7. The molecule has 50 heavy (non-hydrogen) atoms. The molecular formula is C35H29F9N2O4. The molecule has 0 fully saturated rings. The number of ether oxygens (including phenoxy) is 1. The van der Waals surface area contributed by atoms with Crippen LogP contribution in [0.5, 0.6) is 5.88 Å². The zero-order chi connectivity index (χ0) is 37.5. The van der Waals surface area contributed by atoms with Crippen LogP contribution in [0.25, 0.3) is 22.3 Å². The molecule has 15 heteroatoms. The largest absolute Gasteiger partial charge is 0.481 e. The third-order valence-electron chi connectivity index (χ3n) is 8.19. The molecule has 6 nitrogen and oxygen atoms in total. The SMILES string of the molecule is COc1ncc(-c2c(C)cc(C(=O)O)cc2C)cc1-c1ccc(C(F)(F)F)cc1CC(=N)[C@@H](C)[C@H](O)c1cc(C(F)(F)F)cc(C(F)(F)F)c1. The van der Waals surface area contributed by atoms with Crippen molar-refractivity contribution in [2.45, 2.75) is 51.8 Å². The number of benzene rings is 3. The molecular weight excluding hydrogens is 683 g/mol. The first kappa shape index (κ1) is 37.9. The van der Waals surface area contributed by atoms with Gasteiger partial charge >= 0.3 is 24.5 Å². The number of hydrogen-bond acceptors (Lipinski definition) is 5. The molecule has 0 saturated heterocycles. The Morgan fingerprint density at radius 3 is 1.84 bits per heavy atom. The Balaban J connectivity index is 1.82. The zero-order valence-corrected chi connectivity index (χ0v) is 26.7. The molecule has 1 aromatic heterocycles. The van der Waals surface area contributed by atoms with Crippen LogP contribution >= 0.6 is 0 Å². The molecule has 2 atom stereocenters. The van der Waals surface area contributed by atoms with E-state index in [1.807, 2.05) is 0 Å². The number of aromatic nitrogens is 1. The van der Waals surface area contributed by atoms with E-state index < -0.39 is 70.9 Å². The number of aliphatic hydroxyl groups is 1. The number of halogens is 9. The maximum atomic E-state index is 13.9. The number of nitrogens with one attached hydrogen (secondary N) is 1. The molecule has 4 rings (SSSR count). The highest BCUT2D eigenvalue weighted by Gasteiger charge is 2.38. The van der Waals surface area contributed by atoms with Gasteiger partial charge in [-0.05, 0) is 95.8 Å². The first-order chi connectivity index (χ1) is 23.0. The van der Waals surface area contributed by atoms with E-state index in [0.29, 0.717) is 34.4 Å². The number of aliphatic hydroxyl groups excluding tert-OH is 1. The Hall–Kier alpha value is -4.92. The summed E-state index contributed by atoms with van der Waals surface area (Å²) in [6.07, 6.45) is -16.5. The van der Waals surface area contributed by atoms with Crippen LogP contribution in [0.2, 0.25) is 0 Å². The van der Waals surface area contributed by atoms with Crippen molar-refractivity contribution < 1.29 is 59.3 Å². The highest BCUT2D eigenvalue weighted by atomic mass is 19.4. The summed E-state index contributed by atoms with van der Waals surface area (Å²) in [6, 6.07) is 7.62. The van der Waals surface area contributed by atoms with Crippen molar-refractivity contribution in [1.29, 1.82) is 5.41 Å². The molecule has 3 aromatic carbocycles. The second kappa shape index (κ2) is 13.8. The van der Waals surface area contributed by atoms with Gasteiger partial charge in [-0.15, -0.1) is 0 Å². The van der Waals surface area contributed by atoms with Crippen molar-refractivity contribution in [2.75, 3.05) is 7.11 Å². The van der Waals surface area contributed by atoms with Gasteiger partial charge in [-0.1, -0.05) is 13.0 Å². The lowest BCUT2D eigenvalue weighted by Gasteiger charge is -2.24. The molecule has 1 heterocycles. The lowest BCUT2D eigenvalue weighted by molar-refractivity contribution is -0.143. The number of hydrogen-bond donors (Lipinski definition) is 3. The van der Waals surface area contributed by atoms with Crippen molar-refractivity contribution >= 4 is 11.7 Å². The second-order valence-electron chi connectivity index (χ2n) is 11.7. The minimum atomic E-state index is -5.20.